The average Bonchev–Trinajstić information content (AvgIpc) is 2.56. The van der Waals surface area contributed by atoms with Crippen LogP contribution in [0.1, 0.15) is 12.0 Å². The molecule has 124 valence electrons. The first-order valence-electron chi connectivity index (χ1n) is 7.08. The SMILES string of the molecule is COc1cccc(NC(=O)CC(=O)NN=Cc2ccc(Br)cc2)c1. The number of rotatable bonds is 6. The van der Waals surface area contributed by atoms with E-state index in [9.17, 15) is 9.59 Å². The fraction of sp³-hybridized carbons (Fsp3) is 0.118. The lowest BCUT2D eigenvalue weighted by Crippen LogP contribution is -2.24. The molecule has 0 aromatic heterocycles. The Morgan fingerprint density at radius 1 is 1.17 bits per heavy atom. The molecule has 0 atom stereocenters. The van der Waals surface area contributed by atoms with E-state index in [1.54, 1.807) is 24.3 Å². The zero-order valence-corrected chi connectivity index (χ0v) is 14.5. The average molecular weight is 390 g/mol. The summed E-state index contributed by atoms with van der Waals surface area (Å²) in [5.74, 6) is -0.306. The number of nitrogens with one attached hydrogen (secondary N) is 2. The number of ether oxygens (including phenoxy) is 1. The summed E-state index contributed by atoms with van der Waals surface area (Å²) in [4.78, 5) is 23.5. The Kier molecular flexibility index (Phi) is 6.51. The zero-order chi connectivity index (χ0) is 17.4. The van der Waals surface area contributed by atoms with Gasteiger partial charge in [0.15, 0.2) is 0 Å². The third-order valence-corrected chi connectivity index (χ3v) is 3.48. The van der Waals surface area contributed by atoms with E-state index in [0.717, 1.165) is 10.0 Å². The van der Waals surface area contributed by atoms with Crippen molar-refractivity contribution in [3.8, 4) is 5.75 Å². The van der Waals surface area contributed by atoms with Gasteiger partial charge in [-0.3, -0.25) is 9.59 Å². The Bertz CT molecular complexity index is 745. The molecule has 2 rings (SSSR count). The summed E-state index contributed by atoms with van der Waals surface area (Å²) in [6, 6.07) is 14.3. The highest BCUT2D eigenvalue weighted by atomic mass is 79.9. The minimum atomic E-state index is -0.497. The van der Waals surface area contributed by atoms with Gasteiger partial charge in [-0.25, -0.2) is 5.43 Å². The third-order valence-electron chi connectivity index (χ3n) is 2.95. The maximum Gasteiger partial charge on any atom is 0.249 e. The molecule has 6 nitrogen and oxygen atoms in total. The summed E-state index contributed by atoms with van der Waals surface area (Å²) in [7, 11) is 1.54. The van der Waals surface area contributed by atoms with Crippen LogP contribution in [0.5, 0.6) is 5.75 Å². The Balaban J connectivity index is 1.80. The number of hydrogen-bond acceptors (Lipinski definition) is 4. The normalized spacial score (nSPS) is 10.4. The highest BCUT2D eigenvalue weighted by molar-refractivity contribution is 9.10. The molecule has 0 heterocycles. The summed E-state index contributed by atoms with van der Waals surface area (Å²) in [5.41, 5.74) is 3.71. The highest BCUT2D eigenvalue weighted by Crippen LogP contribution is 2.16. The van der Waals surface area contributed by atoms with E-state index >= 15 is 0 Å². The van der Waals surface area contributed by atoms with Crippen molar-refractivity contribution in [2.45, 2.75) is 6.42 Å². The number of carbonyl (C=O) groups excluding carboxylic acids is 2. The predicted octanol–water partition coefficient (Wildman–Crippen LogP) is 2.94. The lowest BCUT2D eigenvalue weighted by Gasteiger charge is -2.06. The van der Waals surface area contributed by atoms with Crippen LogP contribution >= 0.6 is 15.9 Å². The minimum Gasteiger partial charge on any atom is -0.497 e. The van der Waals surface area contributed by atoms with Gasteiger partial charge in [-0.2, -0.15) is 5.10 Å². The summed E-state index contributed by atoms with van der Waals surface area (Å²) in [5, 5.41) is 6.44. The molecule has 0 aliphatic rings. The van der Waals surface area contributed by atoms with Crippen LogP contribution < -0.4 is 15.5 Å². The summed E-state index contributed by atoms with van der Waals surface area (Å²) in [6.07, 6.45) is 1.18. The van der Waals surface area contributed by atoms with Crippen LogP contribution in [0.15, 0.2) is 58.1 Å². The van der Waals surface area contributed by atoms with E-state index in [1.807, 2.05) is 24.3 Å². The Hall–Kier alpha value is -2.67. The Morgan fingerprint density at radius 3 is 2.62 bits per heavy atom. The van der Waals surface area contributed by atoms with Crippen LogP contribution in [-0.2, 0) is 9.59 Å². The first kappa shape index (κ1) is 17.7. The molecule has 0 saturated carbocycles. The van der Waals surface area contributed by atoms with E-state index < -0.39 is 11.8 Å². The van der Waals surface area contributed by atoms with Gasteiger partial charge < -0.3 is 10.1 Å². The number of anilines is 1. The van der Waals surface area contributed by atoms with Crippen molar-refractivity contribution in [3.63, 3.8) is 0 Å². The van der Waals surface area contributed by atoms with Crippen LogP contribution in [0.25, 0.3) is 0 Å². The fourth-order valence-electron chi connectivity index (χ4n) is 1.82. The largest absolute Gasteiger partial charge is 0.497 e. The zero-order valence-electron chi connectivity index (χ0n) is 13.0. The molecular weight excluding hydrogens is 374 g/mol. The molecule has 2 aromatic carbocycles. The summed E-state index contributed by atoms with van der Waals surface area (Å²) < 4.78 is 6.02. The first-order chi connectivity index (χ1) is 11.6. The first-order valence-corrected chi connectivity index (χ1v) is 7.87. The molecule has 0 spiro atoms. The Labute approximate surface area is 148 Å². The van der Waals surface area contributed by atoms with Gasteiger partial charge in [-0.15, -0.1) is 0 Å². The number of carbonyl (C=O) groups is 2. The van der Waals surface area contributed by atoms with Crippen LogP contribution in [0.2, 0.25) is 0 Å². The standard InChI is InChI=1S/C17H16BrN3O3/c1-24-15-4-2-3-14(9-15)20-16(22)10-17(23)21-19-11-12-5-7-13(18)8-6-12/h2-9,11H,10H2,1H3,(H,20,22)(H,21,23). The molecule has 2 aromatic rings. The molecule has 0 aliphatic carbocycles. The number of methoxy groups -OCH3 is 1. The second-order valence-electron chi connectivity index (χ2n) is 4.80. The van der Waals surface area contributed by atoms with E-state index in [0.29, 0.717) is 11.4 Å². The van der Waals surface area contributed by atoms with Gasteiger partial charge in [0.05, 0.1) is 13.3 Å². The van der Waals surface area contributed by atoms with Crippen molar-refractivity contribution in [3.05, 3.63) is 58.6 Å². The molecule has 24 heavy (non-hydrogen) atoms. The monoisotopic (exact) mass is 389 g/mol. The number of hydrogen-bond donors (Lipinski definition) is 2. The van der Waals surface area contributed by atoms with Crippen LogP contribution in [0.4, 0.5) is 5.69 Å². The van der Waals surface area contributed by atoms with Crippen molar-refractivity contribution >= 4 is 39.6 Å². The van der Waals surface area contributed by atoms with Crippen molar-refractivity contribution < 1.29 is 14.3 Å². The van der Waals surface area contributed by atoms with Gasteiger partial charge in [0.1, 0.15) is 12.2 Å². The number of nitrogens with zero attached hydrogens (tertiary/aromatic N) is 1. The van der Waals surface area contributed by atoms with Gasteiger partial charge in [0.25, 0.3) is 0 Å². The number of benzene rings is 2. The summed E-state index contributed by atoms with van der Waals surface area (Å²) >= 11 is 3.33. The van der Waals surface area contributed by atoms with Gasteiger partial charge in [-0.05, 0) is 29.8 Å². The quantitative estimate of drug-likeness (QED) is 0.452. The minimum absolute atomic E-state index is 0.325. The molecule has 0 unspecified atom stereocenters. The molecular formula is C17H16BrN3O3. The smallest absolute Gasteiger partial charge is 0.249 e. The van der Waals surface area contributed by atoms with Crippen molar-refractivity contribution in [1.29, 1.82) is 0 Å². The van der Waals surface area contributed by atoms with Crippen LogP contribution in [0, 0.1) is 0 Å². The topological polar surface area (TPSA) is 79.8 Å². The second-order valence-corrected chi connectivity index (χ2v) is 5.72. The number of halogens is 1. The fourth-order valence-corrected chi connectivity index (χ4v) is 2.08. The number of amides is 2. The van der Waals surface area contributed by atoms with Crippen LogP contribution in [-0.4, -0.2) is 25.1 Å². The maximum absolute atomic E-state index is 11.8. The Morgan fingerprint density at radius 2 is 1.92 bits per heavy atom. The molecule has 7 heteroatoms. The summed E-state index contributed by atoms with van der Waals surface area (Å²) in [6.45, 7) is 0. The van der Waals surface area contributed by atoms with Crippen molar-refractivity contribution in [1.82, 2.24) is 5.43 Å². The van der Waals surface area contributed by atoms with Crippen molar-refractivity contribution in [2.75, 3.05) is 12.4 Å². The number of hydrazone groups is 1. The molecule has 0 aliphatic heterocycles. The maximum atomic E-state index is 11.8. The highest BCUT2D eigenvalue weighted by Gasteiger charge is 2.09. The van der Waals surface area contributed by atoms with Gasteiger partial charge in [0, 0.05) is 16.2 Å². The molecule has 0 fully saturated rings. The molecule has 0 radical (unpaired) electrons. The van der Waals surface area contributed by atoms with E-state index in [4.69, 9.17) is 4.74 Å². The molecule has 0 bridgehead atoms. The second kappa shape index (κ2) is 8.83. The van der Waals surface area contributed by atoms with E-state index in [2.05, 4.69) is 31.8 Å². The van der Waals surface area contributed by atoms with E-state index in [1.165, 1.54) is 13.3 Å². The van der Waals surface area contributed by atoms with Crippen molar-refractivity contribution in [2.24, 2.45) is 5.10 Å². The lowest BCUT2D eigenvalue weighted by molar-refractivity contribution is -0.126. The predicted molar refractivity (Wildman–Crippen MR) is 96.1 cm³/mol. The molecule has 2 amide bonds. The van der Waals surface area contributed by atoms with Gasteiger partial charge in [0.2, 0.25) is 11.8 Å². The van der Waals surface area contributed by atoms with E-state index in [-0.39, 0.29) is 6.42 Å². The third kappa shape index (κ3) is 5.85. The molecule has 0 saturated heterocycles. The molecule has 2 N–H and O–H groups in total. The van der Waals surface area contributed by atoms with Gasteiger partial charge in [-0.1, -0.05) is 34.1 Å². The van der Waals surface area contributed by atoms with Crippen LogP contribution in [0.3, 0.4) is 0 Å². The van der Waals surface area contributed by atoms with Gasteiger partial charge >= 0.3 is 0 Å². The lowest BCUT2D eigenvalue weighted by atomic mass is 10.2.